The first-order valence-electron chi connectivity index (χ1n) is 7.29. The molecule has 0 aliphatic carbocycles. The van der Waals surface area contributed by atoms with Gasteiger partial charge in [-0.3, -0.25) is 5.43 Å². The molecule has 0 spiro atoms. The largest absolute Gasteiger partial charge is 0.379 e. The first kappa shape index (κ1) is 15.5. The normalized spacial score (nSPS) is 11.0. The van der Waals surface area contributed by atoms with Crippen molar-refractivity contribution in [3.05, 3.63) is 24.3 Å². The van der Waals surface area contributed by atoms with E-state index in [0.29, 0.717) is 12.1 Å². The van der Waals surface area contributed by atoms with Crippen LogP contribution in [0.15, 0.2) is 24.3 Å². The Kier molecular flexibility index (Phi) is 5.71. The smallest absolute Gasteiger partial charge is 0.239 e. The Balaban J connectivity index is 1.94. The second kappa shape index (κ2) is 7.75. The maximum absolute atomic E-state index is 5.52. The third kappa shape index (κ3) is 4.54. The molecular weight excluding hydrogens is 266 g/mol. The van der Waals surface area contributed by atoms with Crippen molar-refractivity contribution in [2.45, 2.75) is 32.8 Å². The average Bonchev–Trinajstić information content (AvgIpc) is 2.50. The lowest BCUT2D eigenvalue weighted by Gasteiger charge is -2.11. The third-order valence-corrected chi connectivity index (χ3v) is 3.05. The second-order valence-corrected chi connectivity index (χ2v) is 5.11. The number of benzene rings is 1. The molecule has 6 nitrogen and oxygen atoms in total. The molecule has 0 aliphatic rings. The number of anilines is 2. The van der Waals surface area contributed by atoms with Gasteiger partial charge in [-0.2, -0.15) is 4.98 Å². The molecule has 0 bridgehead atoms. The van der Waals surface area contributed by atoms with Crippen molar-refractivity contribution in [1.82, 2.24) is 9.97 Å². The number of nitrogens with zero attached hydrogens (tertiary/aromatic N) is 2. The van der Waals surface area contributed by atoms with Gasteiger partial charge in [-0.1, -0.05) is 12.1 Å². The lowest BCUT2D eigenvalue weighted by atomic mass is 10.2. The van der Waals surface area contributed by atoms with Gasteiger partial charge in [0.15, 0.2) is 0 Å². The molecule has 0 fully saturated rings. The molecule has 0 saturated carbocycles. The molecule has 2 rings (SSSR count). The highest BCUT2D eigenvalue weighted by molar-refractivity contribution is 5.89. The van der Waals surface area contributed by atoms with Gasteiger partial charge in [0.05, 0.1) is 11.6 Å². The summed E-state index contributed by atoms with van der Waals surface area (Å²) >= 11 is 0. The molecule has 21 heavy (non-hydrogen) atoms. The number of hydrogen-bond acceptors (Lipinski definition) is 6. The van der Waals surface area contributed by atoms with Gasteiger partial charge in [0.25, 0.3) is 0 Å². The van der Waals surface area contributed by atoms with Crippen molar-refractivity contribution in [3.63, 3.8) is 0 Å². The molecule has 6 heteroatoms. The summed E-state index contributed by atoms with van der Waals surface area (Å²) < 4.78 is 5.52. The van der Waals surface area contributed by atoms with Crippen LogP contribution in [0.5, 0.6) is 0 Å². The molecule has 1 heterocycles. The zero-order valence-electron chi connectivity index (χ0n) is 12.6. The first-order valence-corrected chi connectivity index (χ1v) is 7.29. The fourth-order valence-corrected chi connectivity index (χ4v) is 2.03. The molecule has 0 atom stereocenters. The Hall–Kier alpha value is -1.92. The SMILES string of the molecule is CC(C)OCCCCNc1nc(NN)nc2ccccc12. The molecule has 0 saturated heterocycles. The number of aromatic nitrogens is 2. The monoisotopic (exact) mass is 289 g/mol. The van der Waals surface area contributed by atoms with E-state index in [2.05, 4.69) is 20.7 Å². The molecule has 2 aromatic rings. The maximum Gasteiger partial charge on any atom is 0.239 e. The standard InChI is InChI=1S/C15H23N5O/c1-11(2)21-10-6-5-9-17-14-12-7-3-4-8-13(12)18-15(19-14)20-16/h3-4,7-8,11H,5-6,9-10,16H2,1-2H3,(H2,17,18,19,20). The number of ether oxygens (including phenoxy) is 1. The molecule has 4 N–H and O–H groups in total. The van der Waals surface area contributed by atoms with E-state index in [4.69, 9.17) is 10.6 Å². The van der Waals surface area contributed by atoms with E-state index in [1.165, 1.54) is 0 Å². The van der Waals surface area contributed by atoms with Gasteiger partial charge in [0.2, 0.25) is 5.95 Å². The van der Waals surface area contributed by atoms with Crippen LogP contribution < -0.4 is 16.6 Å². The fraction of sp³-hybridized carbons (Fsp3) is 0.467. The number of nitrogens with one attached hydrogen (secondary N) is 2. The maximum atomic E-state index is 5.52. The molecule has 0 amide bonds. The Morgan fingerprint density at radius 1 is 1.19 bits per heavy atom. The van der Waals surface area contributed by atoms with Crippen LogP contribution in [0.1, 0.15) is 26.7 Å². The number of nitrogens with two attached hydrogens (primary N) is 1. The number of rotatable bonds is 8. The molecule has 1 aromatic carbocycles. The van der Waals surface area contributed by atoms with Crippen LogP contribution in [-0.4, -0.2) is 29.2 Å². The van der Waals surface area contributed by atoms with Crippen molar-refractivity contribution in [1.29, 1.82) is 0 Å². The number of unbranched alkanes of at least 4 members (excludes halogenated alkanes) is 1. The fourth-order valence-electron chi connectivity index (χ4n) is 2.03. The van der Waals surface area contributed by atoms with Gasteiger partial charge < -0.3 is 10.1 Å². The summed E-state index contributed by atoms with van der Waals surface area (Å²) in [5.74, 6) is 6.63. The summed E-state index contributed by atoms with van der Waals surface area (Å²) in [7, 11) is 0. The zero-order chi connectivity index (χ0) is 15.1. The van der Waals surface area contributed by atoms with Crippen LogP contribution in [0.3, 0.4) is 0 Å². The minimum absolute atomic E-state index is 0.293. The van der Waals surface area contributed by atoms with Crippen molar-refractivity contribution in [3.8, 4) is 0 Å². The van der Waals surface area contributed by atoms with E-state index in [-0.39, 0.29) is 0 Å². The zero-order valence-corrected chi connectivity index (χ0v) is 12.6. The number of nitrogen functional groups attached to an aromatic ring is 1. The summed E-state index contributed by atoms with van der Waals surface area (Å²) in [5, 5.41) is 4.34. The van der Waals surface area contributed by atoms with Gasteiger partial charge in [0.1, 0.15) is 5.82 Å². The van der Waals surface area contributed by atoms with Crippen molar-refractivity contribution in [2.75, 3.05) is 23.9 Å². The van der Waals surface area contributed by atoms with Gasteiger partial charge in [-0.05, 0) is 38.8 Å². The van der Waals surface area contributed by atoms with Crippen LogP contribution in [0.4, 0.5) is 11.8 Å². The van der Waals surface area contributed by atoms with Crippen LogP contribution in [0, 0.1) is 0 Å². The van der Waals surface area contributed by atoms with E-state index in [1.807, 2.05) is 38.1 Å². The van der Waals surface area contributed by atoms with Crippen molar-refractivity contribution in [2.24, 2.45) is 5.84 Å². The molecule has 0 radical (unpaired) electrons. The summed E-state index contributed by atoms with van der Waals surface area (Å²) in [6.45, 7) is 5.73. The van der Waals surface area contributed by atoms with Gasteiger partial charge >= 0.3 is 0 Å². The Morgan fingerprint density at radius 3 is 2.76 bits per heavy atom. The predicted octanol–water partition coefficient (Wildman–Crippen LogP) is 2.53. The number of hydrazine groups is 1. The van der Waals surface area contributed by atoms with Gasteiger partial charge in [0, 0.05) is 18.5 Å². The Bertz CT molecular complexity index is 573. The molecular formula is C15H23N5O. The quantitative estimate of drug-likeness (QED) is 0.393. The summed E-state index contributed by atoms with van der Waals surface area (Å²) in [5.41, 5.74) is 3.37. The lowest BCUT2D eigenvalue weighted by molar-refractivity contribution is 0.0765. The van der Waals surface area contributed by atoms with Crippen LogP contribution >= 0.6 is 0 Å². The third-order valence-electron chi connectivity index (χ3n) is 3.05. The first-order chi connectivity index (χ1) is 10.2. The van der Waals surface area contributed by atoms with E-state index < -0.39 is 0 Å². The number of para-hydroxylation sites is 1. The minimum Gasteiger partial charge on any atom is -0.379 e. The summed E-state index contributed by atoms with van der Waals surface area (Å²) in [6, 6.07) is 7.87. The van der Waals surface area contributed by atoms with Crippen molar-refractivity contribution < 1.29 is 4.74 Å². The highest BCUT2D eigenvalue weighted by Crippen LogP contribution is 2.21. The Labute approximate surface area is 125 Å². The molecule has 114 valence electrons. The topological polar surface area (TPSA) is 85.1 Å². The molecule has 0 unspecified atom stereocenters. The molecule has 1 aromatic heterocycles. The van der Waals surface area contributed by atoms with Gasteiger partial charge in [-0.15, -0.1) is 0 Å². The number of hydrogen-bond donors (Lipinski definition) is 3. The van der Waals surface area contributed by atoms with Gasteiger partial charge in [-0.25, -0.2) is 10.8 Å². The lowest BCUT2D eigenvalue weighted by Crippen LogP contribution is -2.13. The van der Waals surface area contributed by atoms with Crippen LogP contribution in [0.25, 0.3) is 10.9 Å². The Morgan fingerprint density at radius 2 is 2.00 bits per heavy atom. The van der Waals surface area contributed by atoms with E-state index in [0.717, 1.165) is 42.7 Å². The molecule has 0 aliphatic heterocycles. The van der Waals surface area contributed by atoms with Crippen LogP contribution in [0.2, 0.25) is 0 Å². The average molecular weight is 289 g/mol. The van der Waals surface area contributed by atoms with Crippen LogP contribution in [-0.2, 0) is 4.74 Å². The van der Waals surface area contributed by atoms with E-state index >= 15 is 0 Å². The van der Waals surface area contributed by atoms with E-state index in [1.54, 1.807) is 0 Å². The summed E-state index contributed by atoms with van der Waals surface area (Å²) in [4.78, 5) is 8.70. The number of fused-ring (bicyclic) bond motifs is 1. The highest BCUT2D eigenvalue weighted by atomic mass is 16.5. The van der Waals surface area contributed by atoms with E-state index in [9.17, 15) is 0 Å². The van der Waals surface area contributed by atoms with Crippen molar-refractivity contribution >= 4 is 22.7 Å². The minimum atomic E-state index is 0.293. The summed E-state index contributed by atoms with van der Waals surface area (Å²) in [6.07, 6.45) is 2.34. The highest BCUT2D eigenvalue weighted by Gasteiger charge is 2.06. The predicted molar refractivity (Wildman–Crippen MR) is 86.2 cm³/mol. The second-order valence-electron chi connectivity index (χ2n) is 5.11.